The molecule has 0 aliphatic rings. The van der Waals surface area contributed by atoms with Gasteiger partial charge in [0, 0.05) is 0 Å². The molecule has 0 aromatic heterocycles. The summed E-state index contributed by atoms with van der Waals surface area (Å²) in [6, 6.07) is 0. The van der Waals surface area contributed by atoms with E-state index in [2.05, 4.69) is 0 Å². The number of hydrogen-bond acceptors (Lipinski definition) is 0. The highest BCUT2D eigenvalue weighted by Gasteiger charge is 2.81. The Balaban J connectivity index is 5.36. The molecule has 0 heterocycles. The highest BCUT2D eigenvalue weighted by Crippen LogP contribution is 2.53. The highest BCUT2D eigenvalue weighted by atomic mass is 19.4. The van der Waals surface area contributed by atoms with E-state index in [4.69, 9.17) is 0 Å². The average Bonchev–Trinajstić information content (AvgIpc) is 2.15. The SMILES string of the molecule is CCCC=CC(F)(F)C(F)(F)C(F)(F)C(F)(F)F. The van der Waals surface area contributed by atoms with Crippen molar-refractivity contribution in [3.05, 3.63) is 12.2 Å². The Morgan fingerprint density at radius 3 is 1.56 bits per heavy atom. The van der Waals surface area contributed by atoms with Crippen LogP contribution >= 0.6 is 0 Å². The van der Waals surface area contributed by atoms with Crippen LogP contribution < -0.4 is 0 Å². The van der Waals surface area contributed by atoms with Gasteiger partial charge in [0.1, 0.15) is 0 Å². The molecule has 0 N–H and O–H groups in total. The van der Waals surface area contributed by atoms with E-state index in [1.807, 2.05) is 0 Å². The van der Waals surface area contributed by atoms with Crippen LogP contribution in [0, 0.1) is 0 Å². The minimum Gasteiger partial charge on any atom is -0.195 e. The molecule has 0 aromatic rings. The van der Waals surface area contributed by atoms with E-state index in [1.54, 1.807) is 0 Å². The van der Waals surface area contributed by atoms with Crippen LogP contribution in [-0.2, 0) is 0 Å². The Kier molecular flexibility index (Phi) is 4.76. The van der Waals surface area contributed by atoms with Gasteiger partial charge in [-0.1, -0.05) is 19.4 Å². The summed E-state index contributed by atoms with van der Waals surface area (Å²) in [5, 5.41) is 0. The van der Waals surface area contributed by atoms with Crippen molar-refractivity contribution in [1.29, 1.82) is 0 Å². The molecule has 0 radical (unpaired) electrons. The van der Waals surface area contributed by atoms with Crippen LogP contribution in [-0.4, -0.2) is 23.9 Å². The van der Waals surface area contributed by atoms with Gasteiger partial charge in [0.25, 0.3) is 0 Å². The molecule has 108 valence electrons. The van der Waals surface area contributed by atoms with E-state index in [1.165, 1.54) is 6.92 Å². The predicted molar refractivity (Wildman–Crippen MR) is 44.9 cm³/mol. The second kappa shape index (κ2) is 5.00. The summed E-state index contributed by atoms with van der Waals surface area (Å²) in [5.74, 6) is -19.0. The quantitative estimate of drug-likeness (QED) is 0.503. The Morgan fingerprint density at radius 2 is 1.22 bits per heavy atom. The van der Waals surface area contributed by atoms with E-state index in [0.29, 0.717) is 6.08 Å². The fourth-order valence-electron chi connectivity index (χ4n) is 0.890. The van der Waals surface area contributed by atoms with Crippen LogP contribution in [0.2, 0.25) is 0 Å². The topological polar surface area (TPSA) is 0 Å². The Labute approximate surface area is 96.5 Å². The first-order chi connectivity index (χ1) is 7.81. The minimum absolute atomic E-state index is 0.150. The summed E-state index contributed by atoms with van der Waals surface area (Å²) >= 11 is 0. The van der Waals surface area contributed by atoms with Crippen molar-refractivity contribution in [2.45, 2.75) is 43.7 Å². The summed E-state index contributed by atoms with van der Waals surface area (Å²) in [5.41, 5.74) is 0. The van der Waals surface area contributed by atoms with Crippen LogP contribution in [0.5, 0.6) is 0 Å². The lowest BCUT2D eigenvalue weighted by molar-refractivity contribution is -0.388. The largest absolute Gasteiger partial charge is 0.460 e. The van der Waals surface area contributed by atoms with Gasteiger partial charge in [-0.2, -0.15) is 39.5 Å². The van der Waals surface area contributed by atoms with E-state index in [-0.39, 0.29) is 12.8 Å². The first-order valence-corrected chi connectivity index (χ1v) is 4.69. The molecule has 9 heteroatoms. The third-order valence-electron chi connectivity index (χ3n) is 1.95. The molecule has 0 aromatic carbocycles. The van der Waals surface area contributed by atoms with Crippen LogP contribution in [0.15, 0.2) is 12.2 Å². The lowest BCUT2D eigenvalue weighted by Crippen LogP contribution is -2.60. The number of halogens is 9. The lowest BCUT2D eigenvalue weighted by atomic mass is 10.0. The molecule has 18 heavy (non-hydrogen) atoms. The lowest BCUT2D eigenvalue weighted by Gasteiger charge is -2.32. The van der Waals surface area contributed by atoms with E-state index in [0.717, 1.165) is 0 Å². The van der Waals surface area contributed by atoms with Gasteiger partial charge >= 0.3 is 23.9 Å². The molecule has 0 rings (SSSR count). The van der Waals surface area contributed by atoms with Gasteiger partial charge in [-0.3, -0.25) is 0 Å². The van der Waals surface area contributed by atoms with Crippen molar-refractivity contribution in [3.8, 4) is 0 Å². The maximum atomic E-state index is 12.7. The molecule has 0 aliphatic carbocycles. The number of allylic oxidation sites excluding steroid dienone is 2. The highest BCUT2D eigenvalue weighted by molar-refractivity contribution is 5.09. The second-order valence-electron chi connectivity index (χ2n) is 3.46. The molecule has 0 atom stereocenters. The molecule has 0 saturated carbocycles. The van der Waals surface area contributed by atoms with Crippen LogP contribution in [0.25, 0.3) is 0 Å². The third kappa shape index (κ3) is 2.92. The normalized spacial score (nSPS) is 15.4. The predicted octanol–water partition coefficient (Wildman–Crippen LogP) is 4.81. The van der Waals surface area contributed by atoms with Crippen molar-refractivity contribution >= 4 is 0 Å². The molecule has 0 amide bonds. The Morgan fingerprint density at radius 1 is 0.778 bits per heavy atom. The fourth-order valence-corrected chi connectivity index (χ4v) is 0.890. The number of alkyl halides is 9. The van der Waals surface area contributed by atoms with Gasteiger partial charge in [-0.05, 0) is 12.5 Å². The molecule has 0 spiro atoms. The van der Waals surface area contributed by atoms with E-state index in [9.17, 15) is 39.5 Å². The Bertz CT molecular complexity index is 300. The standard InChI is InChI=1S/C9H9F9/c1-2-3-4-5-6(10,11)7(12,13)8(14,15)9(16,17)18/h4-5H,2-3H2,1H3. The Hall–Kier alpha value is -0.890. The zero-order chi connectivity index (χ0) is 14.8. The van der Waals surface area contributed by atoms with Gasteiger partial charge in [-0.25, -0.2) is 0 Å². The van der Waals surface area contributed by atoms with Crippen LogP contribution in [0.1, 0.15) is 19.8 Å². The average molecular weight is 288 g/mol. The number of rotatable bonds is 5. The zero-order valence-electron chi connectivity index (χ0n) is 8.97. The van der Waals surface area contributed by atoms with Crippen molar-refractivity contribution in [2.75, 3.05) is 0 Å². The first kappa shape index (κ1) is 17.1. The maximum Gasteiger partial charge on any atom is 0.460 e. The van der Waals surface area contributed by atoms with Gasteiger partial charge in [0.05, 0.1) is 0 Å². The van der Waals surface area contributed by atoms with Crippen molar-refractivity contribution in [2.24, 2.45) is 0 Å². The van der Waals surface area contributed by atoms with Crippen molar-refractivity contribution < 1.29 is 39.5 Å². The van der Waals surface area contributed by atoms with Crippen LogP contribution in [0.4, 0.5) is 39.5 Å². The molecule has 0 fully saturated rings. The molecule has 0 bridgehead atoms. The smallest absolute Gasteiger partial charge is 0.195 e. The molecule has 0 saturated heterocycles. The number of hydrogen-bond donors (Lipinski definition) is 0. The molecular formula is C9H9F9. The van der Waals surface area contributed by atoms with Gasteiger partial charge in [-0.15, -0.1) is 0 Å². The molecule has 0 unspecified atom stereocenters. The van der Waals surface area contributed by atoms with Crippen LogP contribution in [0.3, 0.4) is 0 Å². The minimum atomic E-state index is -6.82. The molecular weight excluding hydrogens is 279 g/mol. The van der Waals surface area contributed by atoms with Gasteiger partial charge in [0.15, 0.2) is 0 Å². The summed E-state index contributed by atoms with van der Waals surface area (Å²) < 4.78 is 110. The first-order valence-electron chi connectivity index (χ1n) is 4.69. The van der Waals surface area contributed by atoms with Crippen molar-refractivity contribution in [1.82, 2.24) is 0 Å². The van der Waals surface area contributed by atoms with Gasteiger partial charge in [0.2, 0.25) is 0 Å². The fraction of sp³-hybridized carbons (Fsp3) is 0.778. The van der Waals surface area contributed by atoms with E-state index >= 15 is 0 Å². The molecule has 0 aliphatic heterocycles. The summed E-state index contributed by atoms with van der Waals surface area (Å²) in [6.45, 7) is 1.48. The second-order valence-corrected chi connectivity index (χ2v) is 3.46. The van der Waals surface area contributed by atoms with E-state index < -0.39 is 30.0 Å². The monoisotopic (exact) mass is 288 g/mol. The van der Waals surface area contributed by atoms with Crippen molar-refractivity contribution in [3.63, 3.8) is 0 Å². The third-order valence-corrected chi connectivity index (χ3v) is 1.95. The maximum absolute atomic E-state index is 12.7. The zero-order valence-corrected chi connectivity index (χ0v) is 8.97. The number of unbranched alkanes of at least 4 members (excludes halogenated alkanes) is 1. The van der Waals surface area contributed by atoms with Gasteiger partial charge < -0.3 is 0 Å². The summed E-state index contributed by atoms with van der Waals surface area (Å²) in [7, 11) is 0. The summed E-state index contributed by atoms with van der Waals surface area (Å²) in [6.07, 6.45) is -6.87. The summed E-state index contributed by atoms with van der Waals surface area (Å²) in [4.78, 5) is 0. The molecule has 0 nitrogen and oxygen atoms in total.